The zero-order valence-corrected chi connectivity index (χ0v) is 9.54. The molecule has 0 aliphatic rings. The lowest BCUT2D eigenvalue weighted by molar-refractivity contribution is -0.116. The first-order chi connectivity index (χ1) is 7.34. The molecule has 0 spiro atoms. The van der Waals surface area contributed by atoms with E-state index in [2.05, 4.69) is 0 Å². The SMILES string of the molecule is CCC(C)(C(=O)Cl)c1ccc(F)c(F)c1F. The molecule has 16 heavy (non-hydrogen) atoms. The molecule has 1 aromatic rings. The molecule has 1 atom stereocenters. The lowest BCUT2D eigenvalue weighted by atomic mass is 9.81. The Labute approximate surface area is 96.2 Å². The average molecular weight is 251 g/mol. The number of benzene rings is 1. The molecule has 0 fully saturated rings. The van der Waals surface area contributed by atoms with Crippen molar-refractivity contribution in [3.05, 3.63) is 35.1 Å². The van der Waals surface area contributed by atoms with Crippen molar-refractivity contribution in [2.45, 2.75) is 25.7 Å². The number of carbonyl (C=O) groups excluding carboxylic acids is 1. The molecular weight excluding hydrogens is 241 g/mol. The van der Waals surface area contributed by atoms with Crippen molar-refractivity contribution >= 4 is 16.8 Å². The van der Waals surface area contributed by atoms with Crippen LogP contribution < -0.4 is 0 Å². The van der Waals surface area contributed by atoms with Crippen LogP contribution in [0.3, 0.4) is 0 Å². The summed E-state index contributed by atoms with van der Waals surface area (Å²) in [6.45, 7) is 3.00. The van der Waals surface area contributed by atoms with Crippen molar-refractivity contribution < 1.29 is 18.0 Å². The summed E-state index contributed by atoms with van der Waals surface area (Å²) in [7, 11) is 0. The van der Waals surface area contributed by atoms with Crippen LogP contribution in [0.25, 0.3) is 0 Å². The Hall–Kier alpha value is -1.03. The van der Waals surface area contributed by atoms with E-state index in [1.54, 1.807) is 6.92 Å². The largest absolute Gasteiger partial charge is 0.280 e. The predicted octanol–water partition coefficient (Wildman–Crippen LogP) is 3.54. The molecule has 0 aliphatic heterocycles. The van der Waals surface area contributed by atoms with E-state index < -0.39 is 28.1 Å². The van der Waals surface area contributed by atoms with E-state index in [1.807, 2.05) is 0 Å². The van der Waals surface area contributed by atoms with Gasteiger partial charge in [0.15, 0.2) is 17.5 Å². The minimum absolute atomic E-state index is 0.192. The Morgan fingerprint density at radius 1 is 1.31 bits per heavy atom. The molecule has 0 radical (unpaired) electrons. The minimum Gasteiger partial charge on any atom is -0.280 e. The first-order valence-corrected chi connectivity index (χ1v) is 5.06. The molecule has 5 heteroatoms. The quantitative estimate of drug-likeness (QED) is 0.592. The maximum absolute atomic E-state index is 13.5. The Bertz CT molecular complexity index is 433. The van der Waals surface area contributed by atoms with Crippen molar-refractivity contribution in [3.8, 4) is 0 Å². The monoisotopic (exact) mass is 250 g/mol. The summed E-state index contributed by atoms with van der Waals surface area (Å²) in [5, 5.41) is -0.806. The molecule has 0 amide bonds. The summed E-state index contributed by atoms with van der Waals surface area (Å²) in [4.78, 5) is 11.2. The van der Waals surface area contributed by atoms with Crippen LogP contribution in [0.1, 0.15) is 25.8 Å². The maximum Gasteiger partial charge on any atom is 0.232 e. The van der Waals surface area contributed by atoms with Crippen molar-refractivity contribution in [1.29, 1.82) is 0 Å². The van der Waals surface area contributed by atoms with Crippen LogP contribution in [0.2, 0.25) is 0 Å². The first-order valence-electron chi connectivity index (χ1n) is 4.68. The van der Waals surface area contributed by atoms with Gasteiger partial charge < -0.3 is 0 Å². The normalized spacial score (nSPS) is 14.6. The molecule has 0 aromatic heterocycles. The fourth-order valence-electron chi connectivity index (χ4n) is 1.39. The van der Waals surface area contributed by atoms with Gasteiger partial charge in [-0.2, -0.15) is 0 Å². The van der Waals surface area contributed by atoms with Gasteiger partial charge in [-0.05, 0) is 31.0 Å². The van der Waals surface area contributed by atoms with E-state index in [0.717, 1.165) is 12.1 Å². The lowest BCUT2D eigenvalue weighted by Crippen LogP contribution is -2.30. The van der Waals surface area contributed by atoms with Crippen LogP contribution in [0.4, 0.5) is 13.2 Å². The summed E-state index contributed by atoms with van der Waals surface area (Å²) >= 11 is 5.36. The summed E-state index contributed by atoms with van der Waals surface area (Å²) in [5.74, 6) is -4.24. The third-order valence-electron chi connectivity index (χ3n) is 2.77. The standard InChI is InChI=1S/C11H10ClF3O/c1-3-11(2,10(12)16)6-4-5-7(13)9(15)8(6)14/h4-5H,3H2,1-2H3. The van der Waals surface area contributed by atoms with Crippen molar-refractivity contribution in [3.63, 3.8) is 0 Å². The second-order valence-electron chi connectivity index (χ2n) is 3.68. The third kappa shape index (κ3) is 1.94. The van der Waals surface area contributed by atoms with Crippen LogP contribution in [-0.4, -0.2) is 5.24 Å². The molecule has 0 saturated heterocycles. The fourth-order valence-corrected chi connectivity index (χ4v) is 1.62. The molecule has 0 bridgehead atoms. The maximum atomic E-state index is 13.5. The highest BCUT2D eigenvalue weighted by atomic mass is 35.5. The Morgan fingerprint density at radius 2 is 1.88 bits per heavy atom. The average Bonchev–Trinajstić information content (AvgIpc) is 2.25. The summed E-state index contributed by atoms with van der Waals surface area (Å²) < 4.78 is 39.2. The van der Waals surface area contributed by atoms with E-state index in [9.17, 15) is 18.0 Å². The van der Waals surface area contributed by atoms with E-state index in [0.29, 0.717) is 0 Å². The van der Waals surface area contributed by atoms with Crippen LogP contribution in [-0.2, 0) is 10.2 Å². The molecule has 0 aliphatic carbocycles. The van der Waals surface area contributed by atoms with Crippen molar-refractivity contribution in [2.24, 2.45) is 0 Å². The van der Waals surface area contributed by atoms with E-state index >= 15 is 0 Å². The summed E-state index contributed by atoms with van der Waals surface area (Å²) in [5.41, 5.74) is -1.57. The minimum atomic E-state index is -1.59. The highest BCUT2D eigenvalue weighted by Crippen LogP contribution is 2.33. The zero-order valence-electron chi connectivity index (χ0n) is 8.78. The molecular formula is C11H10ClF3O. The van der Waals surface area contributed by atoms with Gasteiger partial charge in [0, 0.05) is 5.56 Å². The summed E-state index contributed by atoms with van der Waals surface area (Å²) in [6.07, 6.45) is 0.192. The van der Waals surface area contributed by atoms with Crippen LogP contribution >= 0.6 is 11.6 Å². The third-order valence-corrected chi connectivity index (χ3v) is 3.19. The Morgan fingerprint density at radius 3 is 2.31 bits per heavy atom. The van der Waals surface area contributed by atoms with Gasteiger partial charge in [-0.1, -0.05) is 13.0 Å². The van der Waals surface area contributed by atoms with E-state index in [-0.39, 0.29) is 12.0 Å². The van der Waals surface area contributed by atoms with Gasteiger partial charge >= 0.3 is 0 Å². The summed E-state index contributed by atoms with van der Waals surface area (Å²) in [6, 6.07) is 1.82. The second-order valence-corrected chi connectivity index (χ2v) is 4.03. The molecule has 1 nitrogen and oxygen atoms in total. The molecule has 1 rings (SSSR count). The van der Waals surface area contributed by atoms with Gasteiger partial charge in [0.1, 0.15) is 0 Å². The van der Waals surface area contributed by atoms with E-state index in [1.165, 1.54) is 6.92 Å². The van der Waals surface area contributed by atoms with Crippen LogP contribution in [0.5, 0.6) is 0 Å². The second kappa shape index (κ2) is 4.45. The number of hydrogen-bond acceptors (Lipinski definition) is 1. The number of hydrogen-bond donors (Lipinski definition) is 0. The Balaban J connectivity index is 3.44. The van der Waals surface area contributed by atoms with Gasteiger partial charge in [-0.25, -0.2) is 13.2 Å². The van der Waals surface area contributed by atoms with Crippen molar-refractivity contribution in [1.82, 2.24) is 0 Å². The topological polar surface area (TPSA) is 17.1 Å². The number of rotatable bonds is 3. The van der Waals surface area contributed by atoms with Gasteiger partial charge in [0.05, 0.1) is 5.41 Å². The zero-order chi connectivity index (χ0) is 12.5. The van der Waals surface area contributed by atoms with Crippen molar-refractivity contribution in [2.75, 3.05) is 0 Å². The molecule has 88 valence electrons. The van der Waals surface area contributed by atoms with Crippen LogP contribution in [0.15, 0.2) is 12.1 Å². The Kier molecular flexibility index (Phi) is 3.63. The predicted molar refractivity (Wildman–Crippen MR) is 54.8 cm³/mol. The molecule has 1 unspecified atom stereocenters. The van der Waals surface area contributed by atoms with Gasteiger partial charge in [0.2, 0.25) is 5.24 Å². The van der Waals surface area contributed by atoms with E-state index in [4.69, 9.17) is 11.6 Å². The van der Waals surface area contributed by atoms with Gasteiger partial charge in [-0.3, -0.25) is 4.79 Å². The van der Waals surface area contributed by atoms with Gasteiger partial charge in [-0.15, -0.1) is 0 Å². The lowest BCUT2D eigenvalue weighted by Gasteiger charge is -2.24. The number of halogens is 4. The molecule has 0 saturated carbocycles. The highest BCUT2D eigenvalue weighted by Gasteiger charge is 2.36. The van der Waals surface area contributed by atoms with Crippen LogP contribution in [0, 0.1) is 17.5 Å². The highest BCUT2D eigenvalue weighted by molar-refractivity contribution is 6.65. The van der Waals surface area contributed by atoms with Gasteiger partial charge in [0.25, 0.3) is 0 Å². The molecule has 0 N–H and O–H groups in total. The number of carbonyl (C=O) groups is 1. The molecule has 1 aromatic carbocycles. The fraction of sp³-hybridized carbons (Fsp3) is 0.364. The smallest absolute Gasteiger partial charge is 0.232 e. The first kappa shape index (κ1) is 13.0. The molecule has 0 heterocycles.